The molecule has 0 spiro atoms. The van der Waals surface area contributed by atoms with Crippen molar-refractivity contribution in [3.63, 3.8) is 0 Å². The van der Waals surface area contributed by atoms with Crippen molar-refractivity contribution >= 4 is 17.7 Å². The van der Waals surface area contributed by atoms with E-state index >= 15 is 0 Å². The fourth-order valence-corrected chi connectivity index (χ4v) is 3.66. The SMILES string of the molecule is C/C(C#CSc1ccc2c(c1)C(C)(C)CCC2(C)C)=C\C(=O)O. The summed E-state index contributed by atoms with van der Waals surface area (Å²) in [6, 6.07) is 6.61. The van der Waals surface area contributed by atoms with Gasteiger partial charge in [-0.25, -0.2) is 4.79 Å². The van der Waals surface area contributed by atoms with Gasteiger partial charge in [0.05, 0.1) is 0 Å². The van der Waals surface area contributed by atoms with Crippen molar-refractivity contribution in [2.45, 2.75) is 63.2 Å². The minimum absolute atomic E-state index is 0.188. The van der Waals surface area contributed by atoms with Crippen molar-refractivity contribution in [1.82, 2.24) is 0 Å². The highest BCUT2D eigenvalue weighted by Gasteiger charge is 2.36. The average Bonchev–Trinajstić information content (AvgIpc) is 2.43. The summed E-state index contributed by atoms with van der Waals surface area (Å²) in [4.78, 5) is 11.7. The van der Waals surface area contributed by atoms with Crippen LogP contribution in [-0.2, 0) is 15.6 Å². The fourth-order valence-electron chi connectivity index (χ4n) is 3.02. The lowest BCUT2D eigenvalue weighted by molar-refractivity contribution is -0.131. The Hall–Kier alpha value is -1.66. The van der Waals surface area contributed by atoms with Crippen LogP contribution in [0.25, 0.3) is 0 Å². The zero-order valence-electron chi connectivity index (χ0n) is 14.5. The van der Waals surface area contributed by atoms with Crippen LogP contribution >= 0.6 is 11.8 Å². The van der Waals surface area contributed by atoms with Gasteiger partial charge in [0.15, 0.2) is 0 Å². The minimum atomic E-state index is -0.959. The second-order valence-electron chi connectivity index (χ2n) is 7.47. The van der Waals surface area contributed by atoms with Gasteiger partial charge in [-0.3, -0.25) is 0 Å². The van der Waals surface area contributed by atoms with E-state index in [2.05, 4.69) is 57.1 Å². The van der Waals surface area contributed by atoms with Gasteiger partial charge in [0, 0.05) is 16.5 Å². The molecule has 1 aliphatic rings. The maximum absolute atomic E-state index is 10.6. The third-order valence-corrected chi connectivity index (χ3v) is 5.28. The Morgan fingerprint density at radius 2 is 1.78 bits per heavy atom. The zero-order chi connectivity index (χ0) is 17.3. The molecule has 0 bridgehead atoms. The van der Waals surface area contributed by atoms with Gasteiger partial charge in [0.25, 0.3) is 0 Å². The molecule has 0 heterocycles. The van der Waals surface area contributed by atoms with E-state index in [1.165, 1.54) is 35.7 Å². The van der Waals surface area contributed by atoms with Crippen LogP contribution < -0.4 is 0 Å². The molecule has 23 heavy (non-hydrogen) atoms. The Labute approximate surface area is 143 Å². The van der Waals surface area contributed by atoms with Crippen LogP contribution in [0.5, 0.6) is 0 Å². The number of hydrogen-bond donors (Lipinski definition) is 1. The van der Waals surface area contributed by atoms with Crippen molar-refractivity contribution in [3.05, 3.63) is 41.0 Å². The van der Waals surface area contributed by atoms with Crippen LogP contribution in [0.15, 0.2) is 34.7 Å². The first-order valence-corrected chi connectivity index (χ1v) is 8.67. The molecule has 0 aliphatic heterocycles. The van der Waals surface area contributed by atoms with Gasteiger partial charge in [0.1, 0.15) is 0 Å². The van der Waals surface area contributed by atoms with Crippen molar-refractivity contribution in [2.75, 3.05) is 0 Å². The quantitative estimate of drug-likeness (QED) is 0.465. The number of rotatable bonds is 2. The standard InChI is InChI=1S/C20H24O2S/c1-14(12-18(21)22)8-11-23-15-6-7-16-17(13-15)20(4,5)10-9-19(16,2)3/h6-7,12-13H,9-10H2,1-5H3,(H,21,22)/b14-12+. The molecular formula is C20H24O2S. The van der Waals surface area contributed by atoms with Gasteiger partial charge in [0.2, 0.25) is 0 Å². The highest BCUT2D eigenvalue weighted by Crippen LogP contribution is 2.46. The van der Waals surface area contributed by atoms with Crippen LogP contribution in [0.1, 0.15) is 58.6 Å². The second kappa shape index (κ2) is 6.45. The first kappa shape index (κ1) is 17.7. The first-order chi connectivity index (χ1) is 10.6. The molecule has 0 radical (unpaired) electrons. The summed E-state index contributed by atoms with van der Waals surface area (Å²) in [5, 5.41) is 11.7. The molecule has 0 fully saturated rings. The molecule has 2 nitrogen and oxygen atoms in total. The van der Waals surface area contributed by atoms with E-state index in [1.54, 1.807) is 6.92 Å². The van der Waals surface area contributed by atoms with Crippen molar-refractivity contribution in [1.29, 1.82) is 0 Å². The summed E-state index contributed by atoms with van der Waals surface area (Å²) in [6.07, 6.45) is 3.53. The topological polar surface area (TPSA) is 37.3 Å². The average molecular weight is 328 g/mol. The molecule has 1 N–H and O–H groups in total. The van der Waals surface area contributed by atoms with Crippen LogP contribution in [0, 0.1) is 11.2 Å². The van der Waals surface area contributed by atoms with Gasteiger partial charge in [-0.2, -0.15) is 0 Å². The van der Waals surface area contributed by atoms with Crippen LogP contribution in [0.4, 0.5) is 0 Å². The van der Waals surface area contributed by atoms with Gasteiger partial charge in [-0.05, 0) is 70.9 Å². The molecule has 1 aromatic rings. The Bertz CT molecular complexity index is 715. The molecule has 3 heteroatoms. The highest BCUT2D eigenvalue weighted by molar-refractivity contribution is 8.04. The zero-order valence-corrected chi connectivity index (χ0v) is 15.3. The Morgan fingerprint density at radius 1 is 1.17 bits per heavy atom. The van der Waals surface area contributed by atoms with Crippen molar-refractivity contribution < 1.29 is 9.90 Å². The van der Waals surface area contributed by atoms with Gasteiger partial charge in [-0.1, -0.05) is 39.7 Å². The monoisotopic (exact) mass is 328 g/mol. The second-order valence-corrected chi connectivity index (χ2v) is 8.35. The minimum Gasteiger partial charge on any atom is -0.478 e. The number of carbonyl (C=O) groups is 1. The number of carboxylic acids is 1. The number of aliphatic carboxylic acids is 1. The molecule has 0 saturated heterocycles. The summed E-state index contributed by atoms with van der Waals surface area (Å²) >= 11 is 1.45. The van der Waals surface area contributed by atoms with E-state index in [9.17, 15) is 4.79 Å². The van der Waals surface area contributed by atoms with E-state index in [0.717, 1.165) is 11.0 Å². The number of benzene rings is 1. The number of carboxylic acid groups (broad SMARTS) is 1. The molecule has 2 rings (SSSR count). The summed E-state index contributed by atoms with van der Waals surface area (Å²) < 4.78 is 0. The fraction of sp³-hybridized carbons (Fsp3) is 0.450. The van der Waals surface area contributed by atoms with Gasteiger partial charge in [-0.15, -0.1) is 0 Å². The molecule has 1 aliphatic carbocycles. The number of fused-ring (bicyclic) bond motifs is 1. The van der Waals surface area contributed by atoms with Crippen LogP contribution in [0.3, 0.4) is 0 Å². The number of hydrogen-bond acceptors (Lipinski definition) is 2. The number of thioether (sulfide) groups is 1. The van der Waals surface area contributed by atoms with Crippen LogP contribution in [0.2, 0.25) is 0 Å². The lowest BCUT2D eigenvalue weighted by Crippen LogP contribution is -2.33. The first-order valence-electron chi connectivity index (χ1n) is 7.86. The molecule has 0 saturated carbocycles. The van der Waals surface area contributed by atoms with Crippen molar-refractivity contribution in [2.24, 2.45) is 0 Å². The third kappa shape index (κ3) is 4.20. The summed E-state index contributed by atoms with van der Waals surface area (Å²) in [5.41, 5.74) is 3.82. The molecule has 0 aromatic heterocycles. The smallest absolute Gasteiger partial charge is 0.329 e. The predicted octanol–water partition coefficient (Wildman–Crippen LogP) is 5.12. The Kier molecular flexibility index (Phi) is 4.96. The summed E-state index contributed by atoms with van der Waals surface area (Å²) in [7, 11) is 0. The van der Waals surface area contributed by atoms with Crippen molar-refractivity contribution in [3.8, 4) is 11.2 Å². The van der Waals surface area contributed by atoms with E-state index in [-0.39, 0.29) is 10.8 Å². The summed E-state index contributed by atoms with van der Waals surface area (Å²) in [5.74, 6) is 1.91. The molecule has 0 atom stereocenters. The Morgan fingerprint density at radius 3 is 2.39 bits per heavy atom. The highest BCUT2D eigenvalue weighted by atomic mass is 32.2. The molecule has 122 valence electrons. The third-order valence-electron chi connectivity index (χ3n) is 4.58. The van der Waals surface area contributed by atoms with Gasteiger partial charge >= 0.3 is 5.97 Å². The maximum atomic E-state index is 10.6. The summed E-state index contributed by atoms with van der Waals surface area (Å²) in [6.45, 7) is 10.9. The van der Waals surface area contributed by atoms with E-state index in [0.29, 0.717) is 5.57 Å². The molecule has 1 aromatic carbocycles. The van der Waals surface area contributed by atoms with E-state index in [1.807, 2.05) is 0 Å². The van der Waals surface area contributed by atoms with E-state index in [4.69, 9.17) is 5.11 Å². The van der Waals surface area contributed by atoms with Crippen LogP contribution in [-0.4, -0.2) is 11.1 Å². The van der Waals surface area contributed by atoms with Gasteiger partial charge < -0.3 is 5.11 Å². The Balaban J connectivity index is 2.28. The maximum Gasteiger partial charge on any atom is 0.329 e. The molecule has 0 unspecified atom stereocenters. The lowest BCUT2D eigenvalue weighted by Gasteiger charge is -2.42. The molecule has 0 amide bonds. The predicted molar refractivity (Wildman–Crippen MR) is 96.8 cm³/mol. The molecular weight excluding hydrogens is 304 g/mol. The lowest BCUT2D eigenvalue weighted by atomic mass is 9.63. The largest absolute Gasteiger partial charge is 0.478 e. The van der Waals surface area contributed by atoms with E-state index < -0.39 is 5.97 Å². The number of allylic oxidation sites excluding steroid dienone is 1. The normalized spacial score (nSPS) is 18.6.